The Morgan fingerprint density at radius 1 is 1.33 bits per heavy atom. The van der Waals surface area contributed by atoms with Crippen LogP contribution in [0.15, 0.2) is 4.99 Å². The van der Waals surface area contributed by atoms with Crippen molar-refractivity contribution < 1.29 is 14.3 Å². The fraction of sp³-hybridized carbons (Fsp3) is 0.727. The number of hydrogen-bond donors (Lipinski definition) is 3. The molecule has 0 unspecified atom stereocenters. The molecule has 0 aromatic carbocycles. The van der Waals surface area contributed by atoms with Crippen molar-refractivity contribution in [1.82, 2.24) is 10.6 Å². The number of ether oxygens (including phenoxy) is 1. The van der Waals surface area contributed by atoms with Crippen LogP contribution in [0.2, 0.25) is 0 Å². The van der Waals surface area contributed by atoms with Crippen molar-refractivity contribution in [3.8, 4) is 0 Å². The first-order chi connectivity index (χ1) is 8.10. The van der Waals surface area contributed by atoms with Crippen LogP contribution in [0.4, 0.5) is 9.59 Å². The number of amides is 3. The summed E-state index contributed by atoms with van der Waals surface area (Å²) in [6, 6.07) is -0.506. The van der Waals surface area contributed by atoms with Crippen LogP contribution < -0.4 is 16.4 Å². The summed E-state index contributed by atoms with van der Waals surface area (Å²) in [7, 11) is 0. The predicted molar refractivity (Wildman–Crippen MR) is 69.2 cm³/mol. The van der Waals surface area contributed by atoms with E-state index in [0.29, 0.717) is 12.5 Å². The lowest BCUT2D eigenvalue weighted by Gasteiger charge is -2.17. The molecule has 4 N–H and O–H groups in total. The number of guanidine groups is 1. The summed E-state index contributed by atoms with van der Waals surface area (Å²) >= 11 is 0. The number of hydrogen-bond acceptors (Lipinski definition) is 3. The van der Waals surface area contributed by atoms with E-state index in [2.05, 4.69) is 15.6 Å². The summed E-state index contributed by atoms with van der Waals surface area (Å²) < 4.78 is 4.91. The molecule has 0 aromatic rings. The molecule has 0 radical (unpaired) electrons. The molecule has 0 aliphatic heterocycles. The number of carbonyl (C=O) groups excluding carboxylic acids is 2. The molecule has 18 heavy (non-hydrogen) atoms. The van der Waals surface area contributed by atoms with Crippen molar-refractivity contribution in [3.05, 3.63) is 0 Å². The Bertz CT molecular complexity index is 332. The van der Waals surface area contributed by atoms with Crippen molar-refractivity contribution in [2.24, 2.45) is 16.6 Å². The van der Waals surface area contributed by atoms with Gasteiger partial charge in [-0.05, 0) is 26.7 Å². The highest BCUT2D eigenvalue weighted by molar-refractivity contribution is 5.99. The number of aliphatic imine (C=N–C) groups is 1. The number of nitrogens with one attached hydrogen (secondary N) is 2. The quantitative estimate of drug-likeness (QED) is 0.511. The van der Waals surface area contributed by atoms with E-state index < -0.39 is 17.7 Å². The zero-order valence-corrected chi connectivity index (χ0v) is 11.5. The van der Waals surface area contributed by atoms with Gasteiger partial charge in [-0.3, -0.25) is 5.32 Å². The molecule has 0 aromatic heterocycles. The van der Waals surface area contributed by atoms with Crippen LogP contribution >= 0.6 is 0 Å². The molecule has 7 heteroatoms. The SMILES string of the molecule is CC(C)CNC(=O)N/C(N)=N/C(=O)OC(C)(C)C. The Morgan fingerprint density at radius 3 is 2.33 bits per heavy atom. The summed E-state index contributed by atoms with van der Waals surface area (Å²) in [5, 5.41) is 4.80. The molecule has 0 saturated heterocycles. The topological polar surface area (TPSA) is 106 Å². The average Bonchev–Trinajstić information content (AvgIpc) is 2.10. The maximum absolute atomic E-state index is 11.3. The van der Waals surface area contributed by atoms with Gasteiger partial charge in [0.1, 0.15) is 5.60 Å². The lowest BCUT2D eigenvalue weighted by Crippen LogP contribution is -2.44. The van der Waals surface area contributed by atoms with Crippen LogP contribution in [0.25, 0.3) is 0 Å². The second-order valence-corrected chi connectivity index (χ2v) is 5.21. The van der Waals surface area contributed by atoms with Crippen LogP contribution in [0.1, 0.15) is 34.6 Å². The van der Waals surface area contributed by atoms with Crippen molar-refractivity contribution in [3.63, 3.8) is 0 Å². The van der Waals surface area contributed by atoms with Crippen LogP contribution in [-0.2, 0) is 4.74 Å². The minimum absolute atomic E-state index is 0.300. The highest BCUT2D eigenvalue weighted by Gasteiger charge is 2.16. The second-order valence-electron chi connectivity index (χ2n) is 5.21. The van der Waals surface area contributed by atoms with Gasteiger partial charge >= 0.3 is 12.1 Å². The largest absolute Gasteiger partial charge is 0.442 e. The fourth-order valence-electron chi connectivity index (χ4n) is 0.868. The molecule has 0 bridgehead atoms. The van der Waals surface area contributed by atoms with Gasteiger partial charge in [-0.15, -0.1) is 4.99 Å². The van der Waals surface area contributed by atoms with Crippen molar-refractivity contribution >= 4 is 18.1 Å². The minimum Gasteiger partial charge on any atom is -0.442 e. The van der Waals surface area contributed by atoms with E-state index in [9.17, 15) is 9.59 Å². The number of nitrogens with zero attached hydrogens (tertiary/aromatic N) is 1. The predicted octanol–water partition coefficient (Wildman–Crippen LogP) is 1.19. The van der Waals surface area contributed by atoms with Crippen molar-refractivity contribution in [1.29, 1.82) is 0 Å². The van der Waals surface area contributed by atoms with Gasteiger partial charge in [0, 0.05) is 6.54 Å². The Morgan fingerprint density at radius 2 is 1.89 bits per heavy atom. The molecule has 0 fully saturated rings. The highest BCUT2D eigenvalue weighted by Crippen LogP contribution is 2.07. The molecule has 3 amide bonds. The van der Waals surface area contributed by atoms with Crippen LogP contribution in [0.3, 0.4) is 0 Å². The van der Waals surface area contributed by atoms with E-state index in [-0.39, 0.29) is 5.96 Å². The van der Waals surface area contributed by atoms with Gasteiger partial charge in [-0.25, -0.2) is 9.59 Å². The fourth-order valence-corrected chi connectivity index (χ4v) is 0.868. The van der Waals surface area contributed by atoms with E-state index in [1.807, 2.05) is 13.8 Å². The summed E-state index contributed by atoms with van der Waals surface area (Å²) in [5.41, 5.74) is 4.73. The molecular formula is C11H22N4O3. The molecule has 0 rings (SSSR count). The van der Waals surface area contributed by atoms with E-state index in [0.717, 1.165) is 0 Å². The van der Waals surface area contributed by atoms with E-state index in [1.165, 1.54) is 0 Å². The Kier molecular flexibility index (Phi) is 6.15. The zero-order chi connectivity index (χ0) is 14.3. The normalized spacial score (nSPS) is 12.2. The molecular weight excluding hydrogens is 236 g/mol. The van der Waals surface area contributed by atoms with Crippen LogP contribution in [0, 0.1) is 5.92 Å². The van der Waals surface area contributed by atoms with Crippen molar-refractivity contribution in [2.45, 2.75) is 40.2 Å². The molecule has 0 heterocycles. The van der Waals surface area contributed by atoms with Gasteiger partial charge in [-0.2, -0.15) is 0 Å². The third-order valence-electron chi connectivity index (χ3n) is 1.52. The number of nitrogens with two attached hydrogens (primary N) is 1. The van der Waals surface area contributed by atoms with Crippen LogP contribution in [0.5, 0.6) is 0 Å². The first-order valence-electron chi connectivity index (χ1n) is 5.72. The standard InChI is InChI=1S/C11H22N4O3/c1-7(2)6-13-9(16)14-8(12)15-10(17)18-11(3,4)5/h7H,6H2,1-5H3,(H4,12,13,14,15,16,17). The minimum atomic E-state index is -0.843. The molecule has 0 spiro atoms. The first-order valence-corrected chi connectivity index (χ1v) is 5.72. The maximum Gasteiger partial charge on any atom is 0.437 e. The smallest absolute Gasteiger partial charge is 0.437 e. The van der Waals surface area contributed by atoms with Gasteiger partial charge in [0.2, 0.25) is 5.96 Å². The lowest BCUT2D eigenvalue weighted by molar-refractivity contribution is 0.0604. The molecule has 7 nitrogen and oxygen atoms in total. The third kappa shape index (κ3) is 9.44. The summed E-state index contributed by atoms with van der Waals surface area (Å²) in [6.45, 7) is 9.54. The van der Waals surface area contributed by atoms with Crippen LogP contribution in [-0.4, -0.2) is 30.2 Å². The molecule has 104 valence electrons. The molecule has 0 saturated carbocycles. The van der Waals surface area contributed by atoms with Gasteiger partial charge in [-0.1, -0.05) is 13.8 Å². The summed E-state index contributed by atoms with van der Waals surface area (Å²) in [5.74, 6) is 0.0188. The van der Waals surface area contributed by atoms with Gasteiger partial charge < -0.3 is 15.8 Å². The maximum atomic E-state index is 11.3. The average molecular weight is 258 g/mol. The number of rotatable bonds is 2. The number of urea groups is 1. The van der Waals surface area contributed by atoms with Gasteiger partial charge in [0.05, 0.1) is 0 Å². The molecule has 0 aliphatic carbocycles. The Hall–Kier alpha value is -1.79. The monoisotopic (exact) mass is 258 g/mol. The van der Waals surface area contributed by atoms with Gasteiger partial charge in [0.25, 0.3) is 0 Å². The number of carbonyl (C=O) groups is 2. The molecule has 0 aliphatic rings. The van der Waals surface area contributed by atoms with E-state index in [1.54, 1.807) is 20.8 Å². The van der Waals surface area contributed by atoms with E-state index >= 15 is 0 Å². The lowest BCUT2D eigenvalue weighted by atomic mass is 10.2. The summed E-state index contributed by atoms with van der Waals surface area (Å²) in [4.78, 5) is 25.9. The highest BCUT2D eigenvalue weighted by atomic mass is 16.6. The molecule has 0 atom stereocenters. The first kappa shape index (κ1) is 16.2. The zero-order valence-electron chi connectivity index (χ0n) is 11.5. The Balaban J connectivity index is 4.19. The van der Waals surface area contributed by atoms with Gasteiger partial charge in [0.15, 0.2) is 0 Å². The second kappa shape index (κ2) is 6.83. The van der Waals surface area contributed by atoms with E-state index in [4.69, 9.17) is 10.5 Å². The third-order valence-corrected chi connectivity index (χ3v) is 1.52. The Labute approximate surface area is 107 Å². The van der Waals surface area contributed by atoms with Crippen molar-refractivity contribution in [2.75, 3.05) is 6.54 Å². The summed E-state index contributed by atoms with van der Waals surface area (Å²) in [6.07, 6.45) is -0.843.